The van der Waals surface area contributed by atoms with Gasteiger partial charge in [0, 0.05) is 31.7 Å². The zero-order valence-electron chi connectivity index (χ0n) is 15.7. The number of benzene rings is 2. The Morgan fingerprint density at radius 3 is 2.45 bits per heavy atom. The molecule has 0 N–H and O–H groups in total. The van der Waals surface area contributed by atoms with Crippen molar-refractivity contribution in [3.8, 4) is 11.4 Å². The van der Waals surface area contributed by atoms with Crippen molar-refractivity contribution in [3.05, 3.63) is 60.4 Å². The second-order valence-electron chi connectivity index (χ2n) is 6.82. The van der Waals surface area contributed by atoms with E-state index in [0.29, 0.717) is 38.5 Å². The summed E-state index contributed by atoms with van der Waals surface area (Å²) in [6.45, 7) is 2.46. The Hall–Kier alpha value is -2.69. The van der Waals surface area contributed by atoms with Gasteiger partial charge in [0.1, 0.15) is 12.5 Å². The Morgan fingerprint density at radius 2 is 1.69 bits per heavy atom. The lowest BCUT2D eigenvalue weighted by molar-refractivity contribution is 0.201. The minimum atomic E-state index is -3.64. The molecule has 0 unspecified atom stereocenters. The van der Waals surface area contributed by atoms with Crippen LogP contribution in [0.15, 0.2) is 59.5 Å². The quantitative estimate of drug-likeness (QED) is 0.631. The van der Waals surface area contributed by atoms with E-state index in [1.807, 2.05) is 30.3 Å². The number of tetrazole rings is 1. The molecule has 1 fully saturated rings. The second-order valence-corrected chi connectivity index (χ2v) is 8.76. The van der Waals surface area contributed by atoms with Crippen molar-refractivity contribution in [3.63, 3.8) is 0 Å². The van der Waals surface area contributed by atoms with Gasteiger partial charge in [-0.05, 0) is 35.9 Å². The summed E-state index contributed by atoms with van der Waals surface area (Å²) in [5.74, 6) is 0.0992. The summed E-state index contributed by atoms with van der Waals surface area (Å²) < 4.78 is 40.2. The van der Waals surface area contributed by atoms with Crippen LogP contribution in [-0.4, -0.2) is 64.0 Å². The van der Waals surface area contributed by atoms with Gasteiger partial charge in [0.2, 0.25) is 15.8 Å². The van der Waals surface area contributed by atoms with E-state index in [-0.39, 0.29) is 4.90 Å². The van der Waals surface area contributed by atoms with Gasteiger partial charge in [-0.2, -0.15) is 4.31 Å². The predicted molar refractivity (Wildman–Crippen MR) is 105 cm³/mol. The fourth-order valence-electron chi connectivity index (χ4n) is 3.27. The summed E-state index contributed by atoms with van der Waals surface area (Å²) in [6.07, 6.45) is 0.681. The van der Waals surface area contributed by atoms with E-state index in [2.05, 4.69) is 20.3 Å². The lowest BCUT2D eigenvalue weighted by atomic mass is 10.2. The Kier molecular flexibility index (Phi) is 5.65. The monoisotopic (exact) mass is 416 g/mol. The highest BCUT2D eigenvalue weighted by Gasteiger charge is 2.27. The molecule has 2 aromatic carbocycles. The first-order chi connectivity index (χ1) is 14.0. The van der Waals surface area contributed by atoms with Crippen molar-refractivity contribution >= 4 is 10.0 Å². The molecule has 0 atom stereocenters. The van der Waals surface area contributed by atoms with Gasteiger partial charge in [0.25, 0.3) is 0 Å². The van der Waals surface area contributed by atoms with Crippen molar-refractivity contribution in [2.24, 2.45) is 0 Å². The predicted octanol–water partition coefficient (Wildman–Crippen LogP) is 1.83. The van der Waals surface area contributed by atoms with Gasteiger partial charge in [0.15, 0.2) is 0 Å². The molecule has 1 saturated heterocycles. The van der Waals surface area contributed by atoms with Crippen LogP contribution in [0.4, 0.5) is 4.39 Å². The van der Waals surface area contributed by atoms with Crippen LogP contribution >= 0.6 is 0 Å². The number of sulfonamides is 1. The Labute approximate surface area is 168 Å². The molecular weight excluding hydrogens is 395 g/mol. The number of hydrogen-bond acceptors (Lipinski definition) is 6. The van der Waals surface area contributed by atoms with Gasteiger partial charge in [0.05, 0.1) is 4.90 Å². The number of rotatable bonds is 5. The van der Waals surface area contributed by atoms with E-state index >= 15 is 0 Å². The second kappa shape index (κ2) is 8.36. The van der Waals surface area contributed by atoms with E-state index in [1.54, 1.807) is 0 Å². The molecule has 0 aliphatic carbocycles. The number of aromatic nitrogens is 4. The van der Waals surface area contributed by atoms with Crippen molar-refractivity contribution in [1.82, 2.24) is 29.4 Å². The van der Waals surface area contributed by atoms with Crippen LogP contribution in [0.25, 0.3) is 11.4 Å². The standard InChI is InChI=1S/C19H21FN6O2S/c20-17-7-9-18(10-8-17)29(27,28)25-12-4-11-24(13-14-25)15-26-22-19(21-23-26)16-5-2-1-3-6-16/h1-3,5-10H,4,11-15H2. The lowest BCUT2D eigenvalue weighted by Crippen LogP contribution is -2.36. The third kappa shape index (κ3) is 4.50. The molecule has 1 aromatic heterocycles. The Bertz CT molecular complexity index is 1060. The summed E-state index contributed by atoms with van der Waals surface area (Å²) in [7, 11) is -3.64. The van der Waals surface area contributed by atoms with Crippen molar-refractivity contribution in [2.75, 3.05) is 26.2 Å². The van der Waals surface area contributed by atoms with Crippen LogP contribution < -0.4 is 0 Å². The van der Waals surface area contributed by atoms with Crippen LogP contribution in [0.2, 0.25) is 0 Å². The molecule has 1 aliphatic rings. The summed E-state index contributed by atoms with van der Waals surface area (Å²) >= 11 is 0. The highest BCUT2D eigenvalue weighted by molar-refractivity contribution is 7.89. The highest BCUT2D eigenvalue weighted by atomic mass is 32.2. The smallest absolute Gasteiger partial charge is 0.243 e. The van der Waals surface area contributed by atoms with Crippen molar-refractivity contribution in [1.29, 1.82) is 0 Å². The van der Waals surface area contributed by atoms with Crippen LogP contribution in [0.1, 0.15) is 6.42 Å². The van der Waals surface area contributed by atoms with E-state index in [1.165, 1.54) is 21.2 Å². The molecular formula is C19H21FN6O2S. The van der Waals surface area contributed by atoms with Gasteiger partial charge in [-0.25, -0.2) is 12.8 Å². The fourth-order valence-corrected chi connectivity index (χ4v) is 4.74. The van der Waals surface area contributed by atoms with Gasteiger partial charge in [-0.3, -0.25) is 4.90 Å². The third-order valence-corrected chi connectivity index (χ3v) is 6.72. The van der Waals surface area contributed by atoms with Gasteiger partial charge in [-0.15, -0.1) is 15.0 Å². The summed E-state index contributed by atoms with van der Waals surface area (Å²) in [4.78, 5) is 3.72. The maximum absolute atomic E-state index is 13.1. The highest BCUT2D eigenvalue weighted by Crippen LogP contribution is 2.18. The zero-order valence-corrected chi connectivity index (χ0v) is 16.5. The number of halogens is 1. The van der Waals surface area contributed by atoms with Gasteiger partial charge in [-0.1, -0.05) is 30.3 Å². The molecule has 0 saturated carbocycles. The van der Waals surface area contributed by atoms with Crippen LogP contribution in [-0.2, 0) is 16.7 Å². The fraction of sp³-hybridized carbons (Fsp3) is 0.316. The molecule has 4 rings (SSSR count). The van der Waals surface area contributed by atoms with Gasteiger partial charge >= 0.3 is 0 Å². The van der Waals surface area contributed by atoms with E-state index in [0.717, 1.165) is 24.2 Å². The molecule has 0 bridgehead atoms. The average Bonchev–Trinajstić information content (AvgIpc) is 3.06. The van der Waals surface area contributed by atoms with E-state index < -0.39 is 15.8 Å². The summed E-state index contributed by atoms with van der Waals surface area (Å²) in [6, 6.07) is 14.5. The largest absolute Gasteiger partial charge is 0.281 e. The maximum Gasteiger partial charge on any atom is 0.243 e. The first kappa shape index (κ1) is 19.6. The maximum atomic E-state index is 13.1. The average molecular weight is 416 g/mol. The molecule has 3 aromatic rings. The molecule has 152 valence electrons. The lowest BCUT2D eigenvalue weighted by Gasteiger charge is -2.21. The van der Waals surface area contributed by atoms with Crippen LogP contribution in [0.3, 0.4) is 0 Å². The minimum absolute atomic E-state index is 0.109. The number of hydrogen-bond donors (Lipinski definition) is 0. The van der Waals surface area contributed by atoms with Gasteiger partial charge < -0.3 is 0 Å². The normalized spacial score (nSPS) is 16.6. The minimum Gasteiger partial charge on any atom is -0.281 e. The third-order valence-electron chi connectivity index (χ3n) is 4.81. The van der Waals surface area contributed by atoms with Crippen LogP contribution in [0.5, 0.6) is 0 Å². The summed E-state index contributed by atoms with van der Waals surface area (Å²) in [5, 5.41) is 12.6. The molecule has 0 spiro atoms. The first-order valence-electron chi connectivity index (χ1n) is 9.34. The van der Waals surface area contributed by atoms with Crippen molar-refractivity contribution in [2.45, 2.75) is 18.0 Å². The molecule has 2 heterocycles. The topological polar surface area (TPSA) is 84.2 Å². The summed E-state index contributed by atoms with van der Waals surface area (Å²) in [5.41, 5.74) is 0.895. The number of nitrogens with zero attached hydrogens (tertiary/aromatic N) is 6. The Morgan fingerprint density at radius 1 is 0.931 bits per heavy atom. The molecule has 0 amide bonds. The first-order valence-corrected chi connectivity index (χ1v) is 10.8. The van der Waals surface area contributed by atoms with E-state index in [4.69, 9.17) is 0 Å². The molecule has 1 aliphatic heterocycles. The molecule has 8 nitrogen and oxygen atoms in total. The SMILES string of the molecule is O=S(=O)(c1ccc(F)cc1)N1CCCN(Cn2nnc(-c3ccccc3)n2)CC1. The van der Waals surface area contributed by atoms with E-state index in [9.17, 15) is 12.8 Å². The molecule has 10 heteroatoms. The molecule has 0 radical (unpaired) electrons. The molecule has 29 heavy (non-hydrogen) atoms. The Balaban J connectivity index is 1.40. The van der Waals surface area contributed by atoms with Crippen LogP contribution in [0, 0.1) is 5.82 Å². The van der Waals surface area contributed by atoms with Crippen molar-refractivity contribution < 1.29 is 12.8 Å². The zero-order chi connectivity index (χ0) is 20.3.